The zero-order valence-electron chi connectivity index (χ0n) is 14.8. The fourth-order valence-corrected chi connectivity index (χ4v) is 2.82. The third-order valence-electron chi connectivity index (χ3n) is 4.24. The minimum Gasteiger partial charge on any atom is -0.361 e. The third kappa shape index (κ3) is 3.50. The zero-order chi connectivity index (χ0) is 18.5. The van der Waals surface area contributed by atoms with E-state index in [9.17, 15) is 4.79 Å². The largest absolute Gasteiger partial charge is 0.361 e. The molecule has 1 aromatic heterocycles. The van der Waals surface area contributed by atoms with Crippen LogP contribution in [-0.4, -0.2) is 11.1 Å². The van der Waals surface area contributed by atoms with Crippen molar-refractivity contribution in [2.45, 2.75) is 26.8 Å². The molecule has 1 heterocycles. The van der Waals surface area contributed by atoms with Crippen molar-refractivity contribution >= 4 is 11.6 Å². The maximum Gasteiger partial charge on any atom is 0.227 e. The van der Waals surface area contributed by atoms with E-state index in [0.717, 1.165) is 16.8 Å². The van der Waals surface area contributed by atoms with Crippen LogP contribution >= 0.6 is 0 Å². The number of aromatic nitrogens is 1. The van der Waals surface area contributed by atoms with Gasteiger partial charge in [-0.25, -0.2) is 0 Å². The molecule has 130 valence electrons. The van der Waals surface area contributed by atoms with Crippen molar-refractivity contribution in [1.29, 1.82) is 5.26 Å². The second-order valence-corrected chi connectivity index (χ2v) is 5.93. The maximum atomic E-state index is 12.6. The summed E-state index contributed by atoms with van der Waals surface area (Å²) < 4.78 is 5.40. The Hall–Kier alpha value is -3.39. The highest BCUT2D eigenvalue weighted by atomic mass is 16.5. The first kappa shape index (κ1) is 17.4. The zero-order valence-corrected chi connectivity index (χ0v) is 14.8. The van der Waals surface area contributed by atoms with Gasteiger partial charge in [0.15, 0.2) is 0 Å². The highest BCUT2D eigenvalue weighted by Crippen LogP contribution is 2.28. The van der Waals surface area contributed by atoms with E-state index in [4.69, 9.17) is 9.78 Å². The molecule has 0 saturated heterocycles. The molecule has 0 atom stereocenters. The third-order valence-corrected chi connectivity index (χ3v) is 4.24. The Balaban J connectivity index is 2.02. The normalized spacial score (nSPS) is 10.3. The first-order chi connectivity index (χ1) is 12.6. The lowest BCUT2D eigenvalue weighted by Crippen LogP contribution is -2.30. The van der Waals surface area contributed by atoms with E-state index in [2.05, 4.69) is 11.2 Å². The number of rotatable bonds is 5. The average molecular weight is 345 g/mol. The minimum atomic E-state index is -0.0281. The van der Waals surface area contributed by atoms with Crippen LogP contribution in [0.15, 0.2) is 59.1 Å². The van der Waals surface area contributed by atoms with E-state index in [1.165, 1.54) is 0 Å². The fourth-order valence-electron chi connectivity index (χ4n) is 2.82. The van der Waals surface area contributed by atoms with Gasteiger partial charge in [-0.1, -0.05) is 48.5 Å². The molecule has 3 aromatic rings. The number of benzene rings is 2. The van der Waals surface area contributed by atoms with Crippen LogP contribution < -0.4 is 4.90 Å². The van der Waals surface area contributed by atoms with E-state index in [1.807, 2.05) is 50.2 Å². The van der Waals surface area contributed by atoms with Gasteiger partial charge in [0.1, 0.15) is 11.5 Å². The molecule has 0 aliphatic heterocycles. The monoisotopic (exact) mass is 345 g/mol. The number of aryl methyl sites for hydroxylation is 1. The standard InChI is InChI=1S/C21H19N3O2/c1-3-20(25)24(18-11-7-8-16(12-18)13-22)14-19-15(2)26-23-21(19)17-9-5-4-6-10-17/h4-12H,3,14H2,1-2H3. The first-order valence-corrected chi connectivity index (χ1v) is 8.45. The van der Waals surface area contributed by atoms with Crippen LogP contribution in [0.2, 0.25) is 0 Å². The molecule has 0 N–H and O–H groups in total. The van der Waals surface area contributed by atoms with Crippen LogP contribution in [0.3, 0.4) is 0 Å². The molecular weight excluding hydrogens is 326 g/mol. The maximum absolute atomic E-state index is 12.6. The molecule has 0 spiro atoms. The molecule has 0 aliphatic rings. The van der Waals surface area contributed by atoms with Crippen LogP contribution in [-0.2, 0) is 11.3 Å². The van der Waals surface area contributed by atoms with E-state index < -0.39 is 0 Å². The van der Waals surface area contributed by atoms with Crippen LogP contribution in [0.25, 0.3) is 11.3 Å². The molecule has 0 fully saturated rings. The summed E-state index contributed by atoms with van der Waals surface area (Å²) in [6.07, 6.45) is 0.363. The predicted molar refractivity (Wildman–Crippen MR) is 99.3 cm³/mol. The lowest BCUT2D eigenvalue weighted by molar-refractivity contribution is -0.118. The topological polar surface area (TPSA) is 70.1 Å². The van der Waals surface area contributed by atoms with Crippen molar-refractivity contribution in [3.8, 4) is 17.3 Å². The average Bonchev–Trinajstić information content (AvgIpc) is 3.06. The summed E-state index contributed by atoms with van der Waals surface area (Å²) in [6, 6.07) is 18.9. The molecule has 5 nitrogen and oxygen atoms in total. The van der Waals surface area contributed by atoms with Gasteiger partial charge in [0, 0.05) is 23.2 Å². The number of carbonyl (C=O) groups is 1. The SMILES string of the molecule is CCC(=O)N(Cc1c(-c2ccccc2)noc1C)c1cccc(C#N)c1. The Kier molecular flexibility index (Phi) is 5.14. The summed E-state index contributed by atoms with van der Waals surface area (Å²) in [4.78, 5) is 14.3. The quantitative estimate of drug-likeness (QED) is 0.684. The van der Waals surface area contributed by atoms with Crippen LogP contribution in [0, 0.1) is 18.3 Å². The number of amides is 1. The first-order valence-electron chi connectivity index (χ1n) is 8.45. The summed E-state index contributed by atoms with van der Waals surface area (Å²) in [5, 5.41) is 13.3. The summed E-state index contributed by atoms with van der Waals surface area (Å²) >= 11 is 0. The molecule has 0 unspecified atom stereocenters. The summed E-state index contributed by atoms with van der Waals surface area (Å²) in [7, 11) is 0. The molecule has 1 amide bonds. The number of hydrogen-bond donors (Lipinski definition) is 0. The van der Waals surface area contributed by atoms with Crippen molar-refractivity contribution in [1.82, 2.24) is 5.16 Å². The number of hydrogen-bond acceptors (Lipinski definition) is 4. The second kappa shape index (κ2) is 7.66. The van der Waals surface area contributed by atoms with E-state index >= 15 is 0 Å². The van der Waals surface area contributed by atoms with Gasteiger partial charge in [-0.05, 0) is 25.1 Å². The number of nitrogens with zero attached hydrogens (tertiary/aromatic N) is 3. The van der Waals surface area contributed by atoms with Gasteiger partial charge in [0.25, 0.3) is 0 Å². The van der Waals surface area contributed by atoms with Gasteiger partial charge in [-0.15, -0.1) is 0 Å². The Morgan fingerprint density at radius 2 is 1.96 bits per heavy atom. The molecule has 0 radical (unpaired) electrons. The lowest BCUT2D eigenvalue weighted by Gasteiger charge is -2.22. The molecule has 5 heteroatoms. The van der Waals surface area contributed by atoms with Crippen molar-refractivity contribution < 1.29 is 9.32 Å². The van der Waals surface area contributed by atoms with E-state index in [1.54, 1.807) is 23.1 Å². The van der Waals surface area contributed by atoms with Crippen LogP contribution in [0.4, 0.5) is 5.69 Å². The fraction of sp³-hybridized carbons (Fsp3) is 0.190. The molecule has 0 bridgehead atoms. The van der Waals surface area contributed by atoms with Gasteiger partial charge in [-0.2, -0.15) is 5.26 Å². The van der Waals surface area contributed by atoms with Gasteiger partial charge >= 0.3 is 0 Å². The van der Waals surface area contributed by atoms with Gasteiger partial charge in [0.2, 0.25) is 5.91 Å². The molecule has 3 rings (SSSR count). The highest BCUT2D eigenvalue weighted by molar-refractivity contribution is 5.93. The van der Waals surface area contributed by atoms with E-state index in [-0.39, 0.29) is 5.91 Å². The van der Waals surface area contributed by atoms with Gasteiger partial charge in [0.05, 0.1) is 18.2 Å². The molecule has 26 heavy (non-hydrogen) atoms. The second-order valence-electron chi connectivity index (χ2n) is 5.93. The van der Waals surface area contributed by atoms with Crippen molar-refractivity contribution in [3.63, 3.8) is 0 Å². The summed E-state index contributed by atoms with van der Waals surface area (Å²) in [6.45, 7) is 4.00. The smallest absolute Gasteiger partial charge is 0.227 e. The minimum absolute atomic E-state index is 0.0281. The van der Waals surface area contributed by atoms with Gasteiger partial charge in [-0.3, -0.25) is 4.79 Å². The summed E-state index contributed by atoms with van der Waals surface area (Å²) in [5.74, 6) is 0.647. The van der Waals surface area contributed by atoms with Crippen molar-refractivity contribution in [2.24, 2.45) is 0 Å². The molecular formula is C21H19N3O2. The highest BCUT2D eigenvalue weighted by Gasteiger charge is 2.21. The Morgan fingerprint density at radius 1 is 1.19 bits per heavy atom. The Labute approximate surface area is 152 Å². The number of nitriles is 1. The number of carbonyl (C=O) groups excluding carboxylic acids is 1. The van der Waals surface area contributed by atoms with Crippen LogP contribution in [0.5, 0.6) is 0 Å². The van der Waals surface area contributed by atoms with Crippen molar-refractivity contribution in [2.75, 3.05) is 4.90 Å². The summed E-state index contributed by atoms with van der Waals surface area (Å²) in [5.41, 5.74) is 3.74. The molecule has 2 aromatic carbocycles. The Morgan fingerprint density at radius 3 is 2.65 bits per heavy atom. The van der Waals surface area contributed by atoms with E-state index in [0.29, 0.717) is 30.0 Å². The predicted octanol–water partition coefficient (Wildman–Crippen LogP) is 4.46. The number of anilines is 1. The molecule has 0 aliphatic carbocycles. The van der Waals surface area contributed by atoms with Gasteiger partial charge < -0.3 is 9.42 Å². The molecule has 0 saturated carbocycles. The van der Waals surface area contributed by atoms with Crippen molar-refractivity contribution in [3.05, 3.63) is 71.5 Å². The lowest BCUT2D eigenvalue weighted by atomic mass is 10.1. The Bertz CT molecular complexity index is 955. The van der Waals surface area contributed by atoms with Crippen LogP contribution in [0.1, 0.15) is 30.2 Å².